The highest BCUT2D eigenvalue weighted by atomic mass is 19.4. The molecule has 0 fully saturated rings. The Labute approximate surface area is 188 Å². The van der Waals surface area contributed by atoms with E-state index >= 15 is 0 Å². The molecule has 3 aromatic rings. The maximum atomic E-state index is 13.0. The third-order valence-corrected chi connectivity index (χ3v) is 5.48. The van der Waals surface area contributed by atoms with Gasteiger partial charge in [0.2, 0.25) is 5.91 Å². The van der Waals surface area contributed by atoms with Crippen LogP contribution in [0, 0.1) is 13.8 Å². The molecule has 4 rings (SSSR count). The molecule has 1 aromatic carbocycles. The van der Waals surface area contributed by atoms with Crippen LogP contribution in [0.5, 0.6) is 11.5 Å². The number of nitrogens with zero attached hydrogens (tertiary/aromatic N) is 4. The Kier molecular flexibility index (Phi) is 5.89. The Balaban J connectivity index is 1.52. The van der Waals surface area contributed by atoms with Gasteiger partial charge in [-0.1, -0.05) is 0 Å². The minimum Gasteiger partial charge on any atom is -0.492 e. The number of carbonyl (C=O) groups excluding carboxylic acids is 1. The maximum Gasteiger partial charge on any atom is 0.453 e. The van der Waals surface area contributed by atoms with Gasteiger partial charge in [-0.2, -0.15) is 18.2 Å². The summed E-state index contributed by atoms with van der Waals surface area (Å²) < 4.78 is 51.5. The average molecular weight is 463 g/mol. The molecule has 1 unspecified atom stereocenters. The van der Waals surface area contributed by atoms with Gasteiger partial charge in [-0.3, -0.25) is 4.79 Å². The molecule has 0 radical (unpaired) electrons. The lowest BCUT2D eigenvalue weighted by Crippen LogP contribution is -2.15. The van der Waals surface area contributed by atoms with Crippen molar-refractivity contribution in [3.05, 3.63) is 40.5 Å². The van der Waals surface area contributed by atoms with Gasteiger partial charge in [-0.25, -0.2) is 9.50 Å². The fourth-order valence-corrected chi connectivity index (χ4v) is 3.95. The van der Waals surface area contributed by atoms with Gasteiger partial charge in [0.1, 0.15) is 17.6 Å². The van der Waals surface area contributed by atoms with Crippen LogP contribution in [0.3, 0.4) is 0 Å². The molecule has 1 atom stereocenters. The predicted molar refractivity (Wildman–Crippen MR) is 114 cm³/mol. The SMILES string of the molecule is CCOc1cc2c(cc1NC(=O)CCc1c(C)nc3nc(C(F)(F)F)nn3c1C)OC(C)C2. The largest absolute Gasteiger partial charge is 0.492 e. The highest BCUT2D eigenvalue weighted by Gasteiger charge is 2.37. The molecule has 0 spiro atoms. The number of carbonyl (C=O) groups is 1. The first-order valence-corrected chi connectivity index (χ1v) is 10.6. The van der Waals surface area contributed by atoms with Gasteiger partial charge >= 0.3 is 6.18 Å². The summed E-state index contributed by atoms with van der Waals surface area (Å²) in [4.78, 5) is 20.3. The second-order valence-electron chi connectivity index (χ2n) is 7.98. The van der Waals surface area contributed by atoms with Crippen molar-refractivity contribution in [1.29, 1.82) is 0 Å². The zero-order valence-electron chi connectivity index (χ0n) is 18.7. The number of ether oxygens (including phenoxy) is 2. The number of alkyl halides is 3. The van der Waals surface area contributed by atoms with Gasteiger partial charge in [0.05, 0.1) is 12.3 Å². The number of fused-ring (bicyclic) bond motifs is 2. The van der Waals surface area contributed by atoms with E-state index in [9.17, 15) is 18.0 Å². The number of hydrogen-bond donors (Lipinski definition) is 1. The van der Waals surface area contributed by atoms with E-state index in [1.165, 1.54) is 0 Å². The molecule has 1 amide bonds. The molecule has 33 heavy (non-hydrogen) atoms. The van der Waals surface area contributed by atoms with Crippen molar-refractivity contribution in [1.82, 2.24) is 19.6 Å². The lowest BCUT2D eigenvalue weighted by atomic mass is 10.1. The van der Waals surface area contributed by atoms with Gasteiger partial charge in [-0.05, 0) is 45.7 Å². The molecule has 0 aliphatic carbocycles. The molecule has 8 nitrogen and oxygen atoms in total. The fraction of sp³-hybridized carbons (Fsp3) is 0.455. The van der Waals surface area contributed by atoms with Crippen LogP contribution >= 0.6 is 0 Å². The summed E-state index contributed by atoms with van der Waals surface area (Å²) in [6, 6.07) is 3.65. The molecule has 0 saturated heterocycles. The fourth-order valence-electron chi connectivity index (χ4n) is 3.95. The van der Waals surface area contributed by atoms with Gasteiger partial charge in [0, 0.05) is 35.9 Å². The third kappa shape index (κ3) is 4.57. The molecular weight excluding hydrogens is 439 g/mol. The van der Waals surface area contributed by atoms with E-state index in [1.54, 1.807) is 19.9 Å². The minimum atomic E-state index is -4.66. The topological polar surface area (TPSA) is 90.6 Å². The van der Waals surface area contributed by atoms with Crippen molar-refractivity contribution in [2.45, 2.75) is 59.2 Å². The van der Waals surface area contributed by atoms with E-state index in [0.717, 1.165) is 16.5 Å². The highest BCUT2D eigenvalue weighted by molar-refractivity contribution is 5.93. The quantitative estimate of drug-likeness (QED) is 0.593. The van der Waals surface area contributed by atoms with E-state index in [4.69, 9.17) is 9.47 Å². The molecule has 0 bridgehead atoms. The first-order chi connectivity index (χ1) is 15.6. The summed E-state index contributed by atoms with van der Waals surface area (Å²) in [5, 5.41) is 6.40. The van der Waals surface area contributed by atoms with Crippen LogP contribution in [0.2, 0.25) is 0 Å². The Morgan fingerprint density at radius 3 is 2.76 bits per heavy atom. The number of nitrogens with one attached hydrogen (secondary N) is 1. The third-order valence-electron chi connectivity index (χ3n) is 5.48. The second kappa shape index (κ2) is 8.53. The van der Waals surface area contributed by atoms with Gasteiger partial charge in [0.25, 0.3) is 11.6 Å². The van der Waals surface area contributed by atoms with E-state index < -0.39 is 12.0 Å². The number of halogens is 3. The molecule has 3 heterocycles. The summed E-state index contributed by atoms with van der Waals surface area (Å²) in [6.45, 7) is 7.59. The van der Waals surface area contributed by atoms with Crippen LogP contribution in [0.1, 0.15) is 48.6 Å². The zero-order chi connectivity index (χ0) is 23.9. The van der Waals surface area contributed by atoms with Crippen molar-refractivity contribution < 1.29 is 27.4 Å². The van der Waals surface area contributed by atoms with Crippen LogP contribution in [0.15, 0.2) is 12.1 Å². The number of benzene rings is 1. The van der Waals surface area contributed by atoms with Crippen LogP contribution < -0.4 is 14.8 Å². The molecule has 1 N–H and O–H groups in total. The molecule has 1 aliphatic rings. The number of rotatable bonds is 6. The number of aromatic nitrogens is 4. The predicted octanol–water partition coefficient (Wildman–Crippen LogP) is 4.05. The van der Waals surface area contributed by atoms with Crippen molar-refractivity contribution in [3.8, 4) is 11.5 Å². The molecule has 2 aromatic heterocycles. The van der Waals surface area contributed by atoms with E-state index in [2.05, 4.69) is 20.4 Å². The Morgan fingerprint density at radius 2 is 2.06 bits per heavy atom. The first-order valence-electron chi connectivity index (χ1n) is 10.6. The van der Waals surface area contributed by atoms with Crippen LogP contribution in [-0.2, 0) is 23.8 Å². The van der Waals surface area contributed by atoms with Crippen molar-refractivity contribution >= 4 is 17.4 Å². The number of amides is 1. The van der Waals surface area contributed by atoms with Gasteiger partial charge in [0.15, 0.2) is 0 Å². The van der Waals surface area contributed by atoms with E-state index in [0.29, 0.717) is 40.7 Å². The standard InChI is InChI=1S/C22H24F3N5O3/c1-5-32-18-9-14-8-11(2)33-17(14)10-16(18)27-19(31)7-6-15-12(3)26-21-28-20(22(23,24)25)29-30(21)13(15)4/h9-11H,5-8H2,1-4H3,(H,27,31). The molecule has 1 aliphatic heterocycles. The smallest absolute Gasteiger partial charge is 0.453 e. The zero-order valence-corrected chi connectivity index (χ0v) is 18.7. The summed E-state index contributed by atoms with van der Waals surface area (Å²) in [5.41, 5.74) is 3.16. The number of anilines is 1. The molecular formula is C22H24F3N5O3. The normalized spacial score (nSPS) is 15.4. The molecule has 11 heteroatoms. The van der Waals surface area contributed by atoms with Crippen LogP contribution in [-0.4, -0.2) is 38.2 Å². The summed E-state index contributed by atoms with van der Waals surface area (Å²) in [7, 11) is 0. The van der Waals surface area contributed by atoms with Gasteiger partial charge in [-0.15, -0.1) is 5.10 Å². The van der Waals surface area contributed by atoms with Crippen molar-refractivity contribution in [2.75, 3.05) is 11.9 Å². The van der Waals surface area contributed by atoms with Crippen molar-refractivity contribution in [3.63, 3.8) is 0 Å². The highest BCUT2D eigenvalue weighted by Crippen LogP contribution is 2.38. The van der Waals surface area contributed by atoms with Crippen molar-refractivity contribution in [2.24, 2.45) is 0 Å². The van der Waals surface area contributed by atoms with E-state index in [-0.39, 0.29) is 30.6 Å². The van der Waals surface area contributed by atoms with Crippen LogP contribution in [0.25, 0.3) is 5.78 Å². The lowest BCUT2D eigenvalue weighted by Gasteiger charge is -2.14. The number of aryl methyl sites for hydroxylation is 2. The first kappa shape index (κ1) is 22.8. The van der Waals surface area contributed by atoms with E-state index in [1.807, 2.05) is 19.9 Å². The van der Waals surface area contributed by atoms with Crippen LogP contribution in [0.4, 0.5) is 18.9 Å². The Morgan fingerprint density at radius 1 is 1.30 bits per heavy atom. The second-order valence-corrected chi connectivity index (χ2v) is 7.98. The minimum absolute atomic E-state index is 0.0587. The Hall–Kier alpha value is -3.37. The Bertz CT molecular complexity index is 1220. The monoisotopic (exact) mass is 463 g/mol. The molecule has 176 valence electrons. The average Bonchev–Trinajstić information content (AvgIpc) is 3.30. The van der Waals surface area contributed by atoms with Gasteiger partial charge < -0.3 is 14.8 Å². The summed E-state index contributed by atoms with van der Waals surface area (Å²) in [6.07, 6.45) is -3.46. The summed E-state index contributed by atoms with van der Waals surface area (Å²) in [5.74, 6) is -0.354. The molecule has 0 saturated carbocycles. The maximum absolute atomic E-state index is 13.0. The summed E-state index contributed by atoms with van der Waals surface area (Å²) >= 11 is 0. The number of hydrogen-bond acceptors (Lipinski definition) is 6. The lowest BCUT2D eigenvalue weighted by molar-refractivity contribution is -0.144.